The van der Waals surface area contributed by atoms with Crippen LogP contribution in [0.1, 0.15) is 39.5 Å². The fraction of sp³-hybridized carbons (Fsp3) is 0.929. The van der Waals surface area contributed by atoms with Gasteiger partial charge in [0.05, 0.1) is 18.6 Å². The molecule has 3 heteroatoms. The first-order valence-electron chi connectivity index (χ1n) is 6.61. The first-order valence-corrected chi connectivity index (χ1v) is 6.61. The van der Waals surface area contributed by atoms with Crippen molar-refractivity contribution >= 4 is 5.97 Å². The Balaban J connectivity index is 2.17. The summed E-state index contributed by atoms with van der Waals surface area (Å²) in [6.07, 6.45) is 4.61. The zero-order valence-corrected chi connectivity index (χ0v) is 11.4. The summed E-state index contributed by atoms with van der Waals surface area (Å²) in [6.45, 7) is 4.33. The quantitative estimate of drug-likeness (QED) is 0.696. The minimum Gasteiger partial charge on any atom is -0.469 e. The van der Waals surface area contributed by atoms with Crippen LogP contribution in [0.3, 0.4) is 0 Å². The van der Waals surface area contributed by atoms with Crippen molar-refractivity contribution in [2.75, 3.05) is 14.2 Å². The van der Waals surface area contributed by atoms with Gasteiger partial charge in [-0.15, -0.1) is 0 Å². The lowest BCUT2D eigenvalue weighted by atomic mass is 9.58. The van der Waals surface area contributed by atoms with Crippen molar-refractivity contribution in [2.24, 2.45) is 23.2 Å². The minimum atomic E-state index is -0.292. The lowest BCUT2D eigenvalue weighted by Gasteiger charge is -2.49. The van der Waals surface area contributed by atoms with Crippen LogP contribution >= 0.6 is 0 Å². The molecule has 0 heterocycles. The fourth-order valence-electron chi connectivity index (χ4n) is 4.29. The van der Waals surface area contributed by atoms with Gasteiger partial charge in [-0.2, -0.15) is 0 Å². The molecule has 0 aromatic carbocycles. The van der Waals surface area contributed by atoms with Crippen molar-refractivity contribution in [3.05, 3.63) is 0 Å². The molecule has 2 rings (SSSR count). The highest BCUT2D eigenvalue weighted by Gasteiger charge is 2.49. The second-order valence-electron chi connectivity index (χ2n) is 6.24. The zero-order chi connectivity index (χ0) is 12.6. The number of hydrogen-bond acceptors (Lipinski definition) is 3. The average Bonchev–Trinajstić information content (AvgIpc) is 2.27. The molecule has 2 fully saturated rings. The van der Waals surface area contributed by atoms with E-state index in [1.165, 1.54) is 20.0 Å². The molecule has 17 heavy (non-hydrogen) atoms. The van der Waals surface area contributed by atoms with E-state index in [0.29, 0.717) is 23.9 Å². The van der Waals surface area contributed by atoms with Gasteiger partial charge in [0.25, 0.3) is 0 Å². The molecular formula is C14H24O3. The molecule has 98 valence electrons. The van der Waals surface area contributed by atoms with Crippen LogP contribution in [-0.2, 0) is 14.3 Å². The summed E-state index contributed by atoms with van der Waals surface area (Å²) in [4.78, 5) is 11.9. The molecule has 0 spiro atoms. The van der Waals surface area contributed by atoms with Gasteiger partial charge in [-0.1, -0.05) is 6.92 Å². The highest BCUT2D eigenvalue weighted by molar-refractivity contribution is 5.76. The SMILES string of the molecule is COC(=O)C1(C)CC2CC(C)C(OC)C(C2)C1. The predicted molar refractivity (Wildman–Crippen MR) is 65.5 cm³/mol. The van der Waals surface area contributed by atoms with Crippen molar-refractivity contribution in [1.29, 1.82) is 0 Å². The van der Waals surface area contributed by atoms with Gasteiger partial charge in [0.2, 0.25) is 0 Å². The highest BCUT2D eigenvalue weighted by Crippen LogP contribution is 2.51. The zero-order valence-electron chi connectivity index (χ0n) is 11.4. The molecule has 0 amide bonds. The molecule has 2 aliphatic rings. The molecule has 0 N–H and O–H groups in total. The second kappa shape index (κ2) is 4.60. The van der Waals surface area contributed by atoms with Crippen LogP contribution in [0, 0.1) is 23.2 Å². The number of methoxy groups -OCH3 is 2. The number of fused-ring (bicyclic) bond motifs is 2. The molecule has 0 aromatic heterocycles. The average molecular weight is 240 g/mol. The molecular weight excluding hydrogens is 216 g/mol. The van der Waals surface area contributed by atoms with Crippen LogP contribution < -0.4 is 0 Å². The third kappa shape index (κ3) is 2.22. The molecule has 2 bridgehead atoms. The maximum absolute atomic E-state index is 11.9. The largest absolute Gasteiger partial charge is 0.469 e. The number of hydrogen-bond donors (Lipinski definition) is 0. The van der Waals surface area contributed by atoms with Crippen LogP contribution in [0.2, 0.25) is 0 Å². The minimum absolute atomic E-state index is 0.0448. The number of carbonyl (C=O) groups excluding carboxylic acids is 1. The van der Waals surface area contributed by atoms with Gasteiger partial charge in [-0.3, -0.25) is 4.79 Å². The molecule has 5 atom stereocenters. The summed E-state index contributed by atoms with van der Waals surface area (Å²) >= 11 is 0. The standard InChI is InChI=1S/C14H24O3/c1-9-5-10-6-11(12(9)16-3)8-14(2,7-10)13(15)17-4/h9-12H,5-8H2,1-4H3. The van der Waals surface area contributed by atoms with Crippen molar-refractivity contribution < 1.29 is 14.3 Å². The maximum Gasteiger partial charge on any atom is 0.311 e. The summed E-state index contributed by atoms with van der Waals surface area (Å²) < 4.78 is 10.6. The third-order valence-electron chi connectivity index (χ3n) is 4.77. The monoisotopic (exact) mass is 240 g/mol. The van der Waals surface area contributed by atoms with Crippen molar-refractivity contribution in [3.63, 3.8) is 0 Å². The molecule has 0 aliphatic heterocycles. The summed E-state index contributed by atoms with van der Waals surface area (Å²) in [5.74, 6) is 1.76. The van der Waals surface area contributed by atoms with E-state index in [4.69, 9.17) is 9.47 Å². The number of ether oxygens (including phenoxy) is 2. The van der Waals surface area contributed by atoms with Gasteiger partial charge >= 0.3 is 5.97 Å². The number of esters is 1. The van der Waals surface area contributed by atoms with Crippen LogP contribution in [0.4, 0.5) is 0 Å². The molecule has 0 saturated heterocycles. The van der Waals surface area contributed by atoms with E-state index in [-0.39, 0.29) is 11.4 Å². The Kier molecular flexibility index (Phi) is 3.48. The van der Waals surface area contributed by atoms with Crippen LogP contribution in [-0.4, -0.2) is 26.3 Å². The lowest BCUT2D eigenvalue weighted by Crippen LogP contribution is -2.47. The maximum atomic E-state index is 11.9. The van der Waals surface area contributed by atoms with Crippen molar-refractivity contribution in [1.82, 2.24) is 0 Å². The Labute approximate surface area is 104 Å². The third-order valence-corrected chi connectivity index (χ3v) is 4.77. The van der Waals surface area contributed by atoms with Gasteiger partial charge in [0.1, 0.15) is 0 Å². The molecule has 2 saturated carbocycles. The molecule has 3 nitrogen and oxygen atoms in total. The summed E-state index contributed by atoms with van der Waals surface area (Å²) in [5, 5.41) is 0. The van der Waals surface area contributed by atoms with Gasteiger partial charge in [-0.05, 0) is 50.4 Å². The van der Waals surface area contributed by atoms with Gasteiger partial charge in [0.15, 0.2) is 0 Å². The Morgan fingerprint density at radius 1 is 1.24 bits per heavy atom. The van der Waals surface area contributed by atoms with Gasteiger partial charge < -0.3 is 9.47 Å². The van der Waals surface area contributed by atoms with Crippen molar-refractivity contribution in [2.45, 2.75) is 45.6 Å². The summed E-state index contributed by atoms with van der Waals surface area (Å²) in [6, 6.07) is 0. The van der Waals surface area contributed by atoms with E-state index < -0.39 is 0 Å². The van der Waals surface area contributed by atoms with E-state index in [9.17, 15) is 4.79 Å². The molecule has 0 radical (unpaired) electrons. The molecule has 5 unspecified atom stereocenters. The highest BCUT2D eigenvalue weighted by atomic mass is 16.5. The van der Waals surface area contributed by atoms with Crippen molar-refractivity contribution in [3.8, 4) is 0 Å². The first kappa shape index (κ1) is 12.9. The lowest BCUT2D eigenvalue weighted by molar-refractivity contribution is -0.161. The Hall–Kier alpha value is -0.570. The Morgan fingerprint density at radius 2 is 1.94 bits per heavy atom. The molecule has 2 aliphatic carbocycles. The van der Waals surface area contributed by atoms with E-state index >= 15 is 0 Å². The summed E-state index contributed by atoms with van der Waals surface area (Å²) in [7, 11) is 3.29. The van der Waals surface area contributed by atoms with E-state index in [2.05, 4.69) is 13.8 Å². The normalized spacial score (nSPS) is 45.4. The Morgan fingerprint density at radius 3 is 2.53 bits per heavy atom. The molecule has 0 aromatic rings. The fourth-order valence-corrected chi connectivity index (χ4v) is 4.29. The second-order valence-corrected chi connectivity index (χ2v) is 6.24. The smallest absolute Gasteiger partial charge is 0.311 e. The van der Waals surface area contributed by atoms with Crippen LogP contribution in [0.5, 0.6) is 0 Å². The predicted octanol–water partition coefficient (Wildman–Crippen LogP) is 2.64. The van der Waals surface area contributed by atoms with E-state index in [1.807, 2.05) is 0 Å². The summed E-state index contributed by atoms with van der Waals surface area (Å²) in [5.41, 5.74) is -0.292. The number of carbonyl (C=O) groups is 1. The van der Waals surface area contributed by atoms with Gasteiger partial charge in [-0.25, -0.2) is 0 Å². The van der Waals surface area contributed by atoms with Crippen LogP contribution in [0.15, 0.2) is 0 Å². The van der Waals surface area contributed by atoms with Crippen LogP contribution in [0.25, 0.3) is 0 Å². The van der Waals surface area contributed by atoms with E-state index in [1.54, 1.807) is 7.11 Å². The van der Waals surface area contributed by atoms with Gasteiger partial charge in [0, 0.05) is 7.11 Å². The first-order chi connectivity index (χ1) is 8.00. The van der Waals surface area contributed by atoms with E-state index in [0.717, 1.165) is 12.8 Å². The Bertz CT molecular complexity index is 300. The topological polar surface area (TPSA) is 35.5 Å². The number of rotatable bonds is 2.